The van der Waals surface area contributed by atoms with Crippen molar-refractivity contribution in [1.29, 1.82) is 0 Å². The molecule has 7 heteroatoms. The van der Waals surface area contributed by atoms with Crippen molar-refractivity contribution in [2.45, 2.75) is 25.8 Å². The van der Waals surface area contributed by atoms with Crippen LogP contribution in [0.1, 0.15) is 36.9 Å². The summed E-state index contributed by atoms with van der Waals surface area (Å²) in [5.74, 6) is 0.264. The molecule has 2 aromatic carbocycles. The van der Waals surface area contributed by atoms with E-state index in [9.17, 15) is 9.18 Å². The number of nitrogens with zero attached hydrogens (tertiary/aromatic N) is 3. The van der Waals surface area contributed by atoms with Crippen molar-refractivity contribution in [3.63, 3.8) is 0 Å². The molecule has 1 aliphatic heterocycles. The van der Waals surface area contributed by atoms with Gasteiger partial charge in [-0.05, 0) is 35.9 Å². The van der Waals surface area contributed by atoms with E-state index in [1.54, 1.807) is 26.2 Å². The third kappa shape index (κ3) is 3.68. The maximum Gasteiger partial charge on any atom is 0.242 e. The van der Waals surface area contributed by atoms with E-state index < -0.39 is 0 Å². The topological polar surface area (TPSA) is 54.8 Å². The summed E-state index contributed by atoms with van der Waals surface area (Å²) in [5.41, 5.74) is 2.93. The van der Waals surface area contributed by atoms with Crippen LogP contribution in [0.15, 0.2) is 53.6 Å². The van der Waals surface area contributed by atoms with Crippen molar-refractivity contribution >= 4 is 34.1 Å². The van der Waals surface area contributed by atoms with Crippen LogP contribution < -0.4 is 4.74 Å². The van der Waals surface area contributed by atoms with Gasteiger partial charge in [0.2, 0.25) is 5.91 Å². The molecule has 3 aromatic rings. The molecule has 0 fully saturated rings. The minimum atomic E-state index is -0.367. The van der Waals surface area contributed by atoms with E-state index in [4.69, 9.17) is 16.3 Å². The van der Waals surface area contributed by atoms with E-state index in [-0.39, 0.29) is 17.8 Å². The van der Waals surface area contributed by atoms with Crippen LogP contribution in [0.5, 0.6) is 5.75 Å². The largest absolute Gasteiger partial charge is 0.497 e. The number of methoxy groups -OCH3 is 1. The molecule has 1 atom stereocenters. The third-order valence-corrected chi connectivity index (χ3v) is 5.31. The van der Waals surface area contributed by atoms with Gasteiger partial charge in [-0.25, -0.2) is 14.4 Å². The Balaban J connectivity index is 1.75. The second-order valence-electron chi connectivity index (χ2n) is 6.79. The second kappa shape index (κ2) is 7.79. The molecule has 1 amide bonds. The molecule has 0 N–H and O–H groups in total. The molecule has 0 radical (unpaired) electrons. The number of halogens is 2. The van der Waals surface area contributed by atoms with E-state index in [2.05, 4.69) is 10.1 Å². The molecule has 0 unspecified atom stereocenters. The number of hydrogen-bond donors (Lipinski definition) is 0. The van der Waals surface area contributed by atoms with Gasteiger partial charge in [0.05, 0.1) is 24.4 Å². The molecule has 29 heavy (non-hydrogen) atoms. The van der Waals surface area contributed by atoms with E-state index >= 15 is 0 Å². The lowest BCUT2D eigenvalue weighted by Gasteiger charge is -2.22. The number of carbonyl (C=O) groups is 1. The smallest absolute Gasteiger partial charge is 0.242 e. The number of fused-ring (bicyclic) bond motifs is 1. The molecule has 1 aliphatic rings. The molecule has 1 aromatic heterocycles. The number of hydrogen-bond acceptors (Lipinski definition) is 4. The highest BCUT2D eigenvalue weighted by Crippen LogP contribution is 2.37. The number of aromatic nitrogens is 1. The first-order valence-corrected chi connectivity index (χ1v) is 9.67. The maximum atomic E-state index is 13.3. The zero-order chi connectivity index (χ0) is 20.5. The lowest BCUT2D eigenvalue weighted by molar-refractivity contribution is -0.132. The Morgan fingerprint density at radius 1 is 1.24 bits per heavy atom. The van der Waals surface area contributed by atoms with Crippen molar-refractivity contribution in [2.24, 2.45) is 5.10 Å². The number of rotatable bonds is 4. The van der Waals surface area contributed by atoms with E-state index in [1.165, 1.54) is 17.1 Å². The summed E-state index contributed by atoms with van der Waals surface area (Å²) in [7, 11) is 1.60. The minimum Gasteiger partial charge on any atom is -0.497 e. The fourth-order valence-electron chi connectivity index (χ4n) is 3.46. The summed E-state index contributed by atoms with van der Waals surface area (Å²) in [6, 6.07) is 13.2. The van der Waals surface area contributed by atoms with Crippen LogP contribution in [0.4, 0.5) is 4.39 Å². The van der Waals surface area contributed by atoms with Gasteiger partial charge in [-0.2, -0.15) is 5.10 Å². The van der Waals surface area contributed by atoms with Gasteiger partial charge >= 0.3 is 0 Å². The van der Waals surface area contributed by atoms with Crippen LogP contribution in [0.25, 0.3) is 10.9 Å². The molecule has 4 rings (SSSR count). The maximum absolute atomic E-state index is 13.3. The van der Waals surface area contributed by atoms with Crippen molar-refractivity contribution in [2.75, 3.05) is 7.11 Å². The Morgan fingerprint density at radius 2 is 2.00 bits per heavy atom. The molecular weight excluding hydrogens is 393 g/mol. The highest BCUT2D eigenvalue weighted by molar-refractivity contribution is 6.30. The predicted octanol–water partition coefficient (Wildman–Crippen LogP) is 5.12. The molecule has 0 aliphatic carbocycles. The van der Waals surface area contributed by atoms with Crippen LogP contribution in [0, 0.1) is 5.82 Å². The fraction of sp³-hybridized carbons (Fsp3) is 0.227. The van der Waals surface area contributed by atoms with Crippen LogP contribution in [0.2, 0.25) is 5.15 Å². The van der Waals surface area contributed by atoms with Gasteiger partial charge in [-0.1, -0.05) is 30.7 Å². The lowest BCUT2D eigenvalue weighted by atomic mass is 9.98. The standard InChI is InChI=1S/C22H19ClFN3O2/c1-3-21(28)27-20(12-19(26-27)13-4-7-15(24)8-5-13)17-10-14-6-9-16(29-2)11-18(14)25-22(17)23/h4-11,20H,3,12H2,1-2H3/t20-/m0/s1. The van der Waals surface area contributed by atoms with E-state index in [1.807, 2.05) is 24.3 Å². The number of carbonyl (C=O) groups excluding carboxylic acids is 1. The fourth-order valence-corrected chi connectivity index (χ4v) is 3.73. The summed E-state index contributed by atoms with van der Waals surface area (Å²) >= 11 is 6.52. The average Bonchev–Trinajstić information content (AvgIpc) is 3.17. The second-order valence-corrected chi connectivity index (χ2v) is 7.15. The summed E-state index contributed by atoms with van der Waals surface area (Å²) in [5, 5.41) is 7.22. The quantitative estimate of drug-likeness (QED) is 0.559. The Morgan fingerprint density at radius 3 is 2.69 bits per heavy atom. The number of ether oxygens (including phenoxy) is 1. The van der Waals surface area contributed by atoms with Gasteiger partial charge in [0.15, 0.2) is 0 Å². The van der Waals surface area contributed by atoms with Gasteiger partial charge in [-0.3, -0.25) is 4.79 Å². The summed E-state index contributed by atoms with van der Waals surface area (Å²) < 4.78 is 18.5. The summed E-state index contributed by atoms with van der Waals surface area (Å²) in [6.07, 6.45) is 0.785. The zero-order valence-electron chi connectivity index (χ0n) is 16.0. The summed E-state index contributed by atoms with van der Waals surface area (Å²) in [6.45, 7) is 1.79. The van der Waals surface area contributed by atoms with Crippen molar-refractivity contribution < 1.29 is 13.9 Å². The van der Waals surface area contributed by atoms with Crippen molar-refractivity contribution in [3.8, 4) is 5.75 Å². The Bertz CT molecular complexity index is 1110. The van der Waals surface area contributed by atoms with Crippen LogP contribution in [-0.2, 0) is 4.79 Å². The average molecular weight is 412 g/mol. The normalized spacial score (nSPS) is 16.2. The number of amides is 1. The summed E-state index contributed by atoms with van der Waals surface area (Å²) in [4.78, 5) is 17.1. The predicted molar refractivity (Wildman–Crippen MR) is 111 cm³/mol. The highest BCUT2D eigenvalue weighted by Gasteiger charge is 2.34. The van der Waals surface area contributed by atoms with Gasteiger partial charge in [0.25, 0.3) is 0 Å². The molecule has 0 spiro atoms. The molecule has 0 saturated carbocycles. The van der Waals surface area contributed by atoms with Crippen LogP contribution >= 0.6 is 11.6 Å². The minimum absolute atomic E-state index is 0.113. The van der Waals surface area contributed by atoms with E-state index in [0.717, 1.165) is 16.5 Å². The van der Waals surface area contributed by atoms with Crippen molar-refractivity contribution in [3.05, 3.63) is 70.6 Å². The van der Waals surface area contributed by atoms with Gasteiger partial charge < -0.3 is 4.74 Å². The highest BCUT2D eigenvalue weighted by atomic mass is 35.5. The monoisotopic (exact) mass is 411 g/mol. The first kappa shape index (κ1) is 19.3. The lowest BCUT2D eigenvalue weighted by Crippen LogP contribution is -2.26. The molecule has 2 heterocycles. The Labute approximate surface area is 172 Å². The zero-order valence-corrected chi connectivity index (χ0v) is 16.8. The number of hydrazone groups is 1. The Hall–Kier alpha value is -2.99. The third-order valence-electron chi connectivity index (χ3n) is 5.01. The Kier molecular flexibility index (Phi) is 5.20. The van der Waals surface area contributed by atoms with Gasteiger partial charge in [0, 0.05) is 29.9 Å². The van der Waals surface area contributed by atoms with Crippen molar-refractivity contribution in [1.82, 2.24) is 9.99 Å². The van der Waals surface area contributed by atoms with E-state index in [0.29, 0.717) is 35.0 Å². The van der Waals surface area contributed by atoms with Crippen LogP contribution in [-0.4, -0.2) is 28.7 Å². The number of pyridine rings is 1. The molecular formula is C22H19ClFN3O2. The van der Waals surface area contributed by atoms with Gasteiger partial charge in [-0.15, -0.1) is 0 Å². The molecule has 5 nitrogen and oxygen atoms in total. The van der Waals surface area contributed by atoms with Crippen LogP contribution in [0.3, 0.4) is 0 Å². The molecule has 148 valence electrons. The first-order valence-electron chi connectivity index (χ1n) is 9.29. The first-order chi connectivity index (χ1) is 14.0. The number of benzene rings is 2. The SMILES string of the molecule is CCC(=O)N1N=C(c2ccc(F)cc2)C[C@H]1c1cc2ccc(OC)cc2nc1Cl. The van der Waals surface area contributed by atoms with Gasteiger partial charge in [0.1, 0.15) is 16.7 Å². The molecule has 0 bridgehead atoms. The molecule has 0 saturated heterocycles.